The van der Waals surface area contributed by atoms with E-state index in [0.29, 0.717) is 17.9 Å². The number of ether oxygens (including phenoxy) is 1. The molecule has 2 saturated heterocycles. The van der Waals surface area contributed by atoms with Crippen molar-refractivity contribution in [2.24, 2.45) is 11.3 Å². The van der Waals surface area contributed by atoms with Gasteiger partial charge in [0.1, 0.15) is 0 Å². The van der Waals surface area contributed by atoms with E-state index in [1.807, 2.05) is 0 Å². The molecule has 4 atom stereocenters. The number of rotatable bonds is 3. The molecule has 1 aromatic rings. The number of hydrogen-bond acceptors (Lipinski definition) is 5. The van der Waals surface area contributed by atoms with Crippen molar-refractivity contribution < 1.29 is 9.84 Å². The predicted octanol–water partition coefficient (Wildman–Crippen LogP) is 1.25. The zero-order valence-corrected chi connectivity index (χ0v) is 16.2. The summed E-state index contributed by atoms with van der Waals surface area (Å²) in [5.41, 5.74) is -0.172. The zero-order chi connectivity index (χ0) is 19.1. The third-order valence-corrected chi connectivity index (χ3v) is 5.70. The van der Waals surface area contributed by atoms with E-state index < -0.39 is 11.9 Å². The first kappa shape index (κ1) is 19.3. The van der Waals surface area contributed by atoms with E-state index in [-0.39, 0.29) is 29.7 Å². The first-order valence-corrected chi connectivity index (χ1v) is 9.52. The van der Waals surface area contributed by atoms with E-state index in [1.54, 1.807) is 13.1 Å². The van der Waals surface area contributed by atoms with Crippen LogP contribution in [0.15, 0.2) is 15.8 Å². The van der Waals surface area contributed by atoms with Gasteiger partial charge >= 0.3 is 5.69 Å². The number of likely N-dealkylation sites (tertiary alicyclic amines) is 1. The Hall–Kier alpha value is -1.44. The number of aliphatic hydroxyl groups excluding tert-OH is 1. The van der Waals surface area contributed by atoms with Gasteiger partial charge in [0.05, 0.1) is 18.8 Å². The number of aromatic nitrogens is 2. The lowest BCUT2D eigenvalue weighted by atomic mass is 9.83. The minimum absolute atomic E-state index is 0.000253. The maximum atomic E-state index is 12.4. The van der Waals surface area contributed by atoms with Crippen LogP contribution in [0.2, 0.25) is 0 Å². The molecule has 0 amide bonds. The van der Waals surface area contributed by atoms with Gasteiger partial charge in [-0.2, -0.15) is 0 Å². The highest BCUT2D eigenvalue weighted by Crippen LogP contribution is 2.38. The number of aryl methyl sites for hydroxylation is 1. The number of nitrogens with one attached hydrogen (secondary N) is 1. The van der Waals surface area contributed by atoms with E-state index in [1.165, 1.54) is 11.0 Å². The molecule has 0 aliphatic carbocycles. The van der Waals surface area contributed by atoms with Gasteiger partial charge in [0.2, 0.25) is 0 Å². The van der Waals surface area contributed by atoms with Crippen LogP contribution in [0, 0.1) is 18.3 Å². The Morgan fingerprint density at radius 3 is 2.81 bits per heavy atom. The highest BCUT2D eigenvalue weighted by Gasteiger charge is 2.42. The highest BCUT2D eigenvalue weighted by atomic mass is 16.5. The second-order valence-corrected chi connectivity index (χ2v) is 8.85. The summed E-state index contributed by atoms with van der Waals surface area (Å²) >= 11 is 0. The monoisotopic (exact) mass is 365 g/mol. The van der Waals surface area contributed by atoms with Gasteiger partial charge in [-0.15, -0.1) is 0 Å². The Labute approximate surface area is 154 Å². The zero-order valence-electron chi connectivity index (χ0n) is 16.2. The minimum Gasteiger partial charge on any atom is -0.394 e. The van der Waals surface area contributed by atoms with E-state index >= 15 is 0 Å². The summed E-state index contributed by atoms with van der Waals surface area (Å²) in [7, 11) is 0. The van der Waals surface area contributed by atoms with Crippen LogP contribution in [0.1, 0.15) is 51.8 Å². The number of nitrogens with zero attached hydrogens (tertiary/aromatic N) is 2. The summed E-state index contributed by atoms with van der Waals surface area (Å²) in [6.07, 6.45) is 3.73. The SMILES string of the molecule is Cc1cn([C@@H]2O[C@H](CO)C[C@H]2N2CCC(C)CC(C)(C)C2)c(=O)[nH]c1=O. The molecule has 2 N–H and O–H groups in total. The normalized spacial score (nSPS) is 32.5. The Morgan fingerprint density at radius 1 is 1.38 bits per heavy atom. The summed E-state index contributed by atoms with van der Waals surface area (Å²) in [5.74, 6) is 0.655. The third kappa shape index (κ3) is 3.94. The molecule has 2 fully saturated rings. The van der Waals surface area contributed by atoms with Gasteiger partial charge in [-0.1, -0.05) is 20.8 Å². The average Bonchev–Trinajstić information content (AvgIpc) is 2.92. The first-order valence-electron chi connectivity index (χ1n) is 9.52. The fourth-order valence-corrected chi connectivity index (χ4v) is 4.61. The summed E-state index contributed by atoms with van der Waals surface area (Å²) in [6, 6.07) is -0.000253. The molecular formula is C19H31N3O4. The van der Waals surface area contributed by atoms with Crippen molar-refractivity contribution >= 4 is 0 Å². The van der Waals surface area contributed by atoms with Gasteiger partial charge in [0, 0.05) is 18.3 Å². The van der Waals surface area contributed by atoms with Crippen molar-refractivity contribution in [3.8, 4) is 0 Å². The van der Waals surface area contributed by atoms with Crippen LogP contribution in [0.3, 0.4) is 0 Å². The van der Waals surface area contributed by atoms with Crippen LogP contribution in [0.5, 0.6) is 0 Å². The highest BCUT2D eigenvalue weighted by molar-refractivity contribution is 5.03. The third-order valence-electron chi connectivity index (χ3n) is 5.70. The summed E-state index contributed by atoms with van der Waals surface area (Å²) in [4.78, 5) is 28.9. The topological polar surface area (TPSA) is 87.6 Å². The average molecular weight is 365 g/mol. The quantitative estimate of drug-likeness (QED) is 0.842. The molecule has 7 nitrogen and oxygen atoms in total. The second kappa shape index (κ2) is 7.29. The first-order chi connectivity index (χ1) is 12.2. The lowest BCUT2D eigenvalue weighted by Crippen LogP contribution is -2.46. The second-order valence-electron chi connectivity index (χ2n) is 8.85. The Balaban J connectivity index is 1.95. The molecule has 3 heterocycles. The molecule has 0 bridgehead atoms. The molecule has 0 saturated carbocycles. The van der Waals surface area contributed by atoms with Crippen LogP contribution in [-0.4, -0.2) is 51.4 Å². The Morgan fingerprint density at radius 2 is 2.12 bits per heavy atom. The molecule has 26 heavy (non-hydrogen) atoms. The molecule has 146 valence electrons. The lowest BCUT2D eigenvalue weighted by Gasteiger charge is -2.36. The largest absolute Gasteiger partial charge is 0.394 e. The summed E-state index contributed by atoms with van der Waals surface area (Å²) in [6.45, 7) is 10.3. The maximum absolute atomic E-state index is 12.4. The number of aromatic amines is 1. The Kier molecular flexibility index (Phi) is 5.42. The number of H-pyrrole nitrogens is 1. The molecule has 7 heteroatoms. The van der Waals surface area contributed by atoms with Crippen molar-refractivity contribution in [2.45, 2.75) is 65.3 Å². The van der Waals surface area contributed by atoms with Crippen LogP contribution in [0.4, 0.5) is 0 Å². The van der Waals surface area contributed by atoms with Crippen molar-refractivity contribution in [3.63, 3.8) is 0 Å². The van der Waals surface area contributed by atoms with E-state index in [4.69, 9.17) is 4.74 Å². The fourth-order valence-electron chi connectivity index (χ4n) is 4.61. The van der Waals surface area contributed by atoms with E-state index in [9.17, 15) is 14.7 Å². The van der Waals surface area contributed by atoms with Gasteiger partial charge in [-0.25, -0.2) is 4.79 Å². The van der Waals surface area contributed by atoms with Crippen LogP contribution < -0.4 is 11.2 Å². The van der Waals surface area contributed by atoms with Gasteiger partial charge < -0.3 is 9.84 Å². The molecule has 0 radical (unpaired) electrons. The van der Waals surface area contributed by atoms with Crippen LogP contribution in [-0.2, 0) is 4.74 Å². The lowest BCUT2D eigenvalue weighted by molar-refractivity contribution is -0.0460. The molecule has 0 aromatic carbocycles. The molecule has 3 rings (SSSR count). The summed E-state index contributed by atoms with van der Waals surface area (Å²) in [5, 5.41) is 9.63. The van der Waals surface area contributed by atoms with Gasteiger partial charge in [0.15, 0.2) is 6.23 Å². The van der Waals surface area contributed by atoms with Crippen molar-refractivity contribution in [3.05, 3.63) is 32.6 Å². The van der Waals surface area contributed by atoms with E-state index in [0.717, 1.165) is 19.5 Å². The van der Waals surface area contributed by atoms with Crippen molar-refractivity contribution in [2.75, 3.05) is 19.7 Å². The number of aliphatic hydroxyl groups is 1. The van der Waals surface area contributed by atoms with Gasteiger partial charge in [-0.05, 0) is 44.1 Å². The molecule has 2 aliphatic rings. The molecular weight excluding hydrogens is 334 g/mol. The van der Waals surface area contributed by atoms with Crippen molar-refractivity contribution in [1.29, 1.82) is 0 Å². The van der Waals surface area contributed by atoms with Gasteiger partial charge in [-0.3, -0.25) is 19.2 Å². The maximum Gasteiger partial charge on any atom is 0.330 e. The standard InChI is InChI=1S/C19H31N3O4/c1-12-5-6-21(11-19(3,4)8-12)15-7-14(10-23)26-17(15)22-9-13(2)16(24)20-18(22)25/h9,12,14-15,17,23H,5-8,10-11H2,1-4H3,(H,20,24,25)/t12?,14-,15+,17+/m0/s1. The molecule has 0 spiro atoms. The van der Waals surface area contributed by atoms with Crippen LogP contribution >= 0.6 is 0 Å². The van der Waals surface area contributed by atoms with Crippen LogP contribution in [0.25, 0.3) is 0 Å². The molecule has 2 aliphatic heterocycles. The molecule has 1 aromatic heterocycles. The smallest absolute Gasteiger partial charge is 0.330 e. The summed E-state index contributed by atoms with van der Waals surface area (Å²) < 4.78 is 7.51. The van der Waals surface area contributed by atoms with E-state index in [2.05, 4.69) is 30.7 Å². The number of hydrogen-bond donors (Lipinski definition) is 2. The minimum atomic E-state index is -0.501. The molecule has 1 unspecified atom stereocenters. The van der Waals surface area contributed by atoms with Gasteiger partial charge in [0.25, 0.3) is 5.56 Å². The Bertz CT molecular complexity index is 754. The van der Waals surface area contributed by atoms with Crippen molar-refractivity contribution in [1.82, 2.24) is 14.5 Å². The predicted molar refractivity (Wildman–Crippen MR) is 99.2 cm³/mol. The fraction of sp³-hybridized carbons (Fsp3) is 0.789.